The zero-order valence-corrected chi connectivity index (χ0v) is 10.1. The van der Waals surface area contributed by atoms with E-state index in [2.05, 4.69) is 5.32 Å². The van der Waals surface area contributed by atoms with E-state index < -0.39 is 5.97 Å². The smallest absolute Gasteiger partial charge is 0.335 e. The topological polar surface area (TPSA) is 93.8 Å². The molecule has 18 heavy (non-hydrogen) atoms. The van der Waals surface area contributed by atoms with Gasteiger partial charge in [-0.05, 0) is 18.6 Å². The molecule has 0 amide bonds. The molecule has 0 radical (unpaired) electrons. The zero-order chi connectivity index (χ0) is 13.1. The Morgan fingerprint density at radius 3 is 2.89 bits per heavy atom. The number of ether oxygens (including phenoxy) is 2. The summed E-state index contributed by atoms with van der Waals surface area (Å²) < 4.78 is 10.3. The minimum atomic E-state index is -1.02. The fraction of sp³-hybridized carbons (Fsp3) is 0.417. The van der Waals surface area contributed by atoms with Gasteiger partial charge in [-0.1, -0.05) is 0 Å². The summed E-state index contributed by atoms with van der Waals surface area (Å²) in [6, 6.07) is 2.90. The summed E-state index contributed by atoms with van der Waals surface area (Å²) in [7, 11) is 1.45. The van der Waals surface area contributed by atoms with E-state index in [1.165, 1.54) is 19.2 Å². The summed E-state index contributed by atoms with van der Waals surface area (Å²) >= 11 is 0. The molecule has 1 saturated heterocycles. The van der Waals surface area contributed by atoms with Gasteiger partial charge >= 0.3 is 5.97 Å². The van der Waals surface area contributed by atoms with Crippen LogP contribution < -0.4 is 15.8 Å². The van der Waals surface area contributed by atoms with Gasteiger partial charge in [0, 0.05) is 13.2 Å². The zero-order valence-electron chi connectivity index (χ0n) is 10.1. The Bertz CT molecular complexity index is 458. The Morgan fingerprint density at radius 1 is 1.67 bits per heavy atom. The maximum Gasteiger partial charge on any atom is 0.335 e. The number of rotatable bonds is 5. The van der Waals surface area contributed by atoms with Crippen LogP contribution in [-0.4, -0.2) is 37.4 Å². The summed E-state index contributed by atoms with van der Waals surface area (Å²) in [4.78, 5) is 11.0. The highest BCUT2D eigenvalue weighted by atomic mass is 16.5. The van der Waals surface area contributed by atoms with Gasteiger partial charge in [-0.15, -0.1) is 0 Å². The number of benzene rings is 1. The van der Waals surface area contributed by atoms with Crippen molar-refractivity contribution in [3.8, 4) is 5.75 Å². The summed E-state index contributed by atoms with van der Waals surface area (Å²) in [5, 5.41) is 12.1. The molecule has 1 aliphatic rings. The third kappa shape index (κ3) is 2.48. The average molecular weight is 252 g/mol. The van der Waals surface area contributed by atoms with Gasteiger partial charge in [0.1, 0.15) is 5.75 Å². The highest BCUT2D eigenvalue weighted by Gasteiger charge is 2.19. The average Bonchev–Trinajstić information content (AvgIpc) is 2.28. The van der Waals surface area contributed by atoms with Crippen molar-refractivity contribution in [3.63, 3.8) is 0 Å². The number of nitrogen functional groups attached to an aromatic ring is 1. The van der Waals surface area contributed by atoms with Gasteiger partial charge in [0.25, 0.3) is 0 Å². The van der Waals surface area contributed by atoms with Gasteiger partial charge in [0.05, 0.1) is 30.2 Å². The second-order valence-corrected chi connectivity index (χ2v) is 4.11. The lowest BCUT2D eigenvalue weighted by Gasteiger charge is -2.27. The molecule has 0 spiro atoms. The summed E-state index contributed by atoms with van der Waals surface area (Å²) in [5.74, 6) is -0.664. The van der Waals surface area contributed by atoms with Gasteiger partial charge in [0.15, 0.2) is 0 Å². The molecule has 0 unspecified atom stereocenters. The predicted molar refractivity (Wildman–Crippen MR) is 67.2 cm³/mol. The standard InChI is InChI=1S/C12H16N2O4/c1-17-10-5-7(12(15)16)4-9(11(10)13)14-6-8-2-3-18-8/h4-5,8,14H,2-3,6,13H2,1H3,(H,15,16)/t8-/m0/s1. The molecule has 4 N–H and O–H groups in total. The normalized spacial score (nSPS) is 17.9. The van der Waals surface area contributed by atoms with Crippen molar-refractivity contribution < 1.29 is 19.4 Å². The molecule has 2 rings (SSSR count). The molecule has 1 atom stereocenters. The maximum atomic E-state index is 11.0. The van der Waals surface area contributed by atoms with Crippen molar-refractivity contribution >= 4 is 17.3 Å². The Kier molecular flexibility index (Phi) is 3.57. The minimum Gasteiger partial charge on any atom is -0.494 e. The van der Waals surface area contributed by atoms with Crippen LogP contribution >= 0.6 is 0 Å². The van der Waals surface area contributed by atoms with Gasteiger partial charge in [-0.3, -0.25) is 0 Å². The summed E-state index contributed by atoms with van der Waals surface area (Å²) in [6.45, 7) is 1.39. The van der Waals surface area contributed by atoms with Crippen LogP contribution in [0.4, 0.5) is 11.4 Å². The van der Waals surface area contributed by atoms with Crippen molar-refractivity contribution in [2.75, 3.05) is 31.3 Å². The fourth-order valence-corrected chi connectivity index (χ4v) is 1.73. The second-order valence-electron chi connectivity index (χ2n) is 4.11. The van der Waals surface area contributed by atoms with Gasteiger partial charge < -0.3 is 25.6 Å². The van der Waals surface area contributed by atoms with Crippen molar-refractivity contribution in [1.29, 1.82) is 0 Å². The lowest BCUT2D eigenvalue weighted by molar-refractivity contribution is -0.0410. The molecular weight excluding hydrogens is 236 g/mol. The lowest BCUT2D eigenvalue weighted by atomic mass is 10.1. The Morgan fingerprint density at radius 2 is 2.39 bits per heavy atom. The third-order valence-electron chi connectivity index (χ3n) is 2.92. The van der Waals surface area contributed by atoms with Gasteiger partial charge in [-0.25, -0.2) is 4.79 Å². The van der Waals surface area contributed by atoms with E-state index in [4.69, 9.17) is 20.3 Å². The van der Waals surface area contributed by atoms with Gasteiger partial charge in [0.2, 0.25) is 0 Å². The third-order valence-corrected chi connectivity index (χ3v) is 2.92. The fourth-order valence-electron chi connectivity index (χ4n) is 1.73. The molecule has 0 bridgehead atoms. The highest BCUT2D eigenvalue weighted by Crippen LogP contribution is 2.31. The van der Waals surface area contributed by atoms with Crippen LogP contribution in [0.25, 0.3) is 0 Å². The Hall–Kier alpha value is -1.95. The van der Waals surface area contributed by atoms with Crippen molar-refractivity contribution in [3.05, 3.63) is 17.7 Å². The first-order valence-electron chi connectivity index (χ1n) is 5.68. The van der Waals surface area contributed by atoms with Crippen LogP contribution in [0.2, 0.25) is 0 Å². The Balaban J connectivity index is 2.19. The number of carboxylic acid groups (broad SMARTS) is 1. The number of hydrogen-bond donors (Lipinski definition) is 3. The highest BCUT2D eigenvalue weighted by molar-refractivity contribution is 5.92. The quantitative estimate of drug-likeness (QED) is 0.681. The molecule has 6 heteroatoms. The van der Waals surface area contributed by atoms with E-state index in [1.807, 2.05) is 0 Å². The first-order valence-corrected chi connectivity index (χ1v) is 5.68. The first kappa shape index (κ1) is 12.5. The molecule has 98 valence electrons. The number of nitrogens with two attached hydrogens (primary N) is 1. The van der Waals surface area contributed by atoms with E-state index in [9.17, 15) is 4.79 Å². The molecule has 0 aromatic heterocycles. The van der Waals surface area contributed by atoms with Crippen LogP contribution in [0.3, 0.4) is 0 Å². The molecule has 1 aromatic rings. The molecular formula is C12H16N2O4. The number of carboxylic acids is 1. The van der Waals surface area contributed by atoms with E-state index in [1.54, 1.807) is 0 Å². The molecule has 0 saturated carbocycles. The summed E-state index contributed by atoms with van der Waals surface area (Å²) in [6.07, 6.45) is 1.17. The predicted octanol–water partition coefficient (Wildman–Crippen LogP) is 1.18. The van der Waals surface area contributed by atoms with E-state index in [0.717, 1.165) is 13.0 Å². The number of methoxy groups -OCH3 is 1. The molecule has 1 aliphatic heterocycles. The van der Waals surface area contributed by atoms with E-state index in [-0.39, 0.29) is 11.7 Å². The van der Waals surface area contributed by atoms with Crippen molar-refractivity contribution in [2.24, 2.45) is 0 Å². The largest absolute Gasteiger partial charge is 0.494 e. The SMILES string of the molecule is COc1cc(C(=O)O)cc(NC[C@@H]2CCO2)c1N. The van der Waals surface area contributed by atoms with E-state index >= 15 is 0 Å². The number of aromatic carboxylic acids is 1. The van der Waals surface area contributed by atoms with Crippen LogP contribution in [0.15, 0.2) is 12.1 Å². The lowest BCUT2D eigenvalue weighted by Crippen LogP contribution is -2.33. The van der Waals surface area contributed by atoms with E-state index in [0.29, 0.717) is 23.7 Å². The van der Waals surface area contributed by atoms with Crippen LogP contribution in [0.1, 0.15) is 16.8 Å². The van der Waals surface area contributed by atoms with Crippen LogP contribution in [0.5, 0.6) is 5.75 Å². The molecule has 1 aromatic carbocycles. The molecule has 1 fully saturated rings. The van der Waals surface area contributed by atoms with Gasteiger partial charge in [-0.2, -0.15) is 0 Å². The first-order chi connectivity index (χ1) is 8.61. The minimum absolute atomic E-state index is 0.137. The number of nitrogens with one attached hydrogen (secondary N) is 1. The molecule has 0 aliphatic carbocycles. The van der Waals surface area contributed by atoms with Crippen molar-refractivity contribution in [2.45, 2.75) is 12.5 Å². The molecule has 6 nitrogen and oxygen atoms in total. The number of hydrogen-bond acceptors (Lipinski definition) is 5. The second kappa shape index (κ2) is 5.14. The molecule has 1 heterocycles. The van der Waals surface area contributed by atoms with Crippen LogP contribution in [0, 0.1) is 0 Å². The maximum absolute atomic E-state index is 11.0. The summed E-state index contributed by atoms with van der Waals surface area (Å²) in [5.41, 5.74) is 6.99. The monoisotopic (exact) mass is 252 g/mol. The Labute approximate surface area is 105 Å². The number of anilines is 2. The van der Waals surface area contributed by atoms with Crippen molar-refractivity contribution in [1.82, 2.24) is 0 Å². The van der Waals surface area contributed by atoms with Crippen LogP contribution in [-0.2, 0) is 4.74 Å². The number of carbonyl (C=O) groups is 1.